The second-order valence-corrected chi connectivity index (χ2v) is 7.61. The van der Waals surface area contributed by atoms with E-state index in [-0.39, 0.29) is 29.9 Å². The standard InChI is InChI=1S/C23H16F3N3O5/c24-23(25,26)34-15-6-4-14(5-7-15)22(9-11-32-17-2-1-10-27-19(17)22)29-20(30)13-3-8-16-18(12-13)33-21(31)28-16/h1-8,10,12H,9,11H2,(H,28,31)(H,29,30)/t22-/m0/s1. The number of nitrogens with zero attached hydrogens (tertiary/aromatic N) is 1. The largest absolute Gasteiger partial charge is 0.573 e. The van der Waals surface area contributed by atoms with Gasteiger partial charge in [0.15, 0.2) is 5.58 Å². The highest BCUT2D eigenvalue weighted by Crippen LogP contribution is 2.41. The number of carbonyl (C=O) groups excluding carboxylic acids is 1. The first-order valence-corrected chi connectivity index (χ1v) is 10.1. The second kappa shape index (κ2) is 7.94. The maximum Gasteiger partial charge on any atom is 0.573 e. The lowest BCUT2D eigenvalue weighted by atomic mass is 9.81. The van der Waals surface area contributed by atoms with Crippen LogP contribution in [0, 0.1) is 0 Å². The summed E-state index contributed by atoms with van der Waals surface area (Å²) in [5.41, 5.74) is 0.577. The predicted octanol–water partition coefficient (Wildman–Crippen LogP) is 3.87. The van der Waals surface area contributed by atoms with Gasteiger partial charge in [0.25, 0.3) is 5.91 Å². The highest BCUT2D eigenvalue weighted by atomic mass is 19.4. The van der Waals surface area contributed by atoms with Gasteiger partial charge in [0.05, 0.1) is 12.1 Å². The van der Waals surface area contributed by atoms with Gasteiger partial charge in [0.1, 0.15) is 22.7 Å². The minimum Gasteiger partial charge on any atom is -0.491 e. The Hall–Kier alpha value is -4.28. The lowest BCUT2D eigenvalue weighted by Gasteiger charge is -2.39. The number of hydrogen-bond donors (Lipinski definition) is 2. The zero-order valence-corrected chi connectivity index (χ0v) is 17.3. The fourth-order valence-electron chi connectivity index (χ4n) is 4.03. The molecular weight excluding hydrogens is 455 g/mol. The van der Waals surface area contributed by atoms with Crippen LogP contribution in [0.1, 0.15) is 28.0 Å². The molecule has 4 aromatic rings. The van der Waals surface area contributed by atoms with E-state index >= 15 is 0 Å². The fraction of sp³-hybridized carbons (Fsp3) is 0.174. The molecule has 0 spiro atoms. The number of alkyl halides is 3. The van der Waals surface area contributed by atoms with E-state index in [1.165, 1.54) is 42.6 Å². The van der Waals surface area contributed by atoms with Crippen LogP contribution in [0.2, 0.25) is 0 Å². The lowest BCUT2D eigenvalue weighted by Crippen LogP contribution is -2.50. The maximum absolute atomic E-state index is 13.3. The van der Waals surface area contributed by atoms with Crippen LogP contribution in [-0.2, 0) is 5.54 Å². The number of aromatic nitrogens is 2. The Bertz CT molecular complexity index is 1430. The number of pyridine rings is 1. The number of nitrogens with one attached hydrogen (secondary N) is 2. The second-order valence-electron chi connectivity index (χ2n) is 7.61. The van der Waals surface area contributed by atoms with Crippen LogP contribution >= 0.6 is 0 Å². The van der Waals surface area contributed by atoms with Crippen LogP contribution < -0.4 is 20.5 Å². The zero-order valence-electron chi connectivity index (χ0n) is 17.3. The molecule has 2 aromatic carbocycles. The summed E-state index contributed by atoms with van der Waals surface area (Å²) >= 11 is 0. The van der Waals surface area contributed by atoms with E-state index in [9.17, 15) is 22.8 Å². The number of benzene rings is 2. The normalized spacial score (nSPS) is 17.6. The minimum absolute atomic E-state index is 0.214. The molecule has 1 aliphatic heterocycles. The van der Waals surface area contributed by atoms with Gasteiger partial charge in [0.2, 0.25) is 0 Å². The highest BCUT2D eigenvalue weighted by Gasteiger charge is 2.43. The van der Waals surface area contributed by atoms with Gasteiger partial charge >= 0.3 is 12.1 Å². The fourth-order valence-corrected chi connectivity index (χ4v) is 4.03. The Labute approximate surface area is 189 Å². The quantitative estimate of drug-likeness (QED) is 0.468. The summed E-state index contributed by atoms with van der Waals surface area (Å²) in [7, 11) is 0. The number of halogens is 3. The smallest absolute Gasteiger partial charge is 0.491 e. The van der Waals surface area contributed by atoms with Crippen LogP contribution in [0.5, 0.6) is 11.5 Å². The molecule has 174 valence electrons. The molecule has 11 heteroatoms. The van der Waals surface area contributed by atoms with E-state index in [0.29, 0.717) is 22.5 Å². The Morgan fingerprint density at radius 1 is 1.15 bits per heavy atom. The number of fused-ring (bicyclic) bond motifs is 2. The number of rotatable bonds is 4. The van der Waals surface area contributed by atoms with E-state index in [2.05, 4.69) is 20.0 Å². The van der Waals surface area contributed by atoms with E-state index < -0.39 is 23.6 Å². The molecule has 0 saturated carbocycles. The average molecular weight is 471 g/mol. The van der Waals surface area contributed by atoms with Crippen molar-refractivity contribution in [1.29, 1.82) is 0 Å². The SMILES string of the molecule is O=C(N[C@]1(c2ccc(OC(F)(F)F)cc2)CCOc2cccnc21)c1ccc2[nH]c(=O)oc2c1. The molecule has 3 heterocycles. The van der Waals surface area contributed by atoms with Gasteiger partial charge in [-0.1, -0.05) is 12.1 Å². The van der Waals surface area contributed by atoms with E-state index in [4.69, 9.17) is 9.15 Å². The molecule has 0 radical (unpaired) electrons. The number of ether oxygens (including phenoxy) is 2. The molecule has 2 aromatic heterocycles. The number of hydrogen-bond acceptors (Lipinski definition) is 6. The Morgan fingerprint density at radius 3 is 2.71 bits per heavy atom. The summed E-state index contributed by atoms with van der Waals surface area (Å²) in [4.78, 5) is 31.7. The van der Waals surface area contributed by atoms with Crippen LogP contribution in [0.15, 0.2) is 70.0 Å². The topological polar surface area (TPSA) is 106 Å². The van der Waals surface area contributed by atoms with Crippen LogP contribution in [0.4, 0.5) is 13.2 Å². The van der Waals surface area contributed by atoms with Crippen LogP contribution in [0.25, 0.3) is 11.1 Å². The van der Waals surface area contributed by atoms with Gasteiger partial charge in [-0.15, -0.1) is 13.2 Å². The number of aromatic amines is 1. The molecule has 1 aliphatic rings. The third kappa shape index (κ3) is 3.96. The van der Waals surface area contributed by atoms with Crippen molar-refractivity contribution in [2.75, 3.05) is 6.61 Å². The summed E-state index contributed by atoms with van der Waals surface area (Å²) in [6.07, 6.45) is -3.02. The molecule has 0 saturated heterocycles. The van der Waals surface area contributed by atoms with Gasteiger partial charge in [-0.25, -0.2) is 4.79 Å². The monoisotopic (exact) mass is 471 g/mol. The van der Waals surface area contributed by atoms with Crippen molar-refractivity contribution in [3.8, 4) is 11.5 Å². The third-order valence-corrected chi connectivity index (χ3v) is 5.50. The molecule has 5 rings (SSSR count). The molecule has 1 atom stereocenters. The van der Waals surface area contributed by atoms with E-state index in [1.807, 2.05) is 0 Å². The first kappa shape index (κ1) is 21.6. The molecule has 2 N–H and O–H groups in total. The minimum atomic E-state index is -4.83. The van der Waals surface area contributed by atoms with Crippen LogP contribution in [0.3, 0.4) is 0 Å². The first-order chi connectivity index (χ1) is 16.2. The summed E-state index contributed by atoms with van der Waals surface area (Å²) in [6, 6.07) is 13.1. The van der Waals surface area contributed by atoms with Crippen molar-refractivity contribution in [3.63, 3.8) is 0 Å². The van der Waals surface area contributed by atoms with Crippen molar-refractivity contribution >= 4 is 17.0 Å². The molecule has 34 heavy (non-hydrogen) atoms. The molecule has 0 aliphatic carbocycles. The van der Waals surface area contributed by atoms with Gasteiger partial charge in [-0.05, 0) is 48.0 Å². The molecule has 8 nitrogen and oxygen atoms in total. The summed E-state index contributed by atoms with van der Waals surface area (Å²) in [5, 5.41) is 2.99. The molecule has 0 unspecified atom stereocenters. The van der Waals surface area contributed by atoms with Crippen molar-refractivity contribution in [3.05, 3.63) is 88.2 Å². The third-order valence-electron chi connectivity index (χ3n) is 5.50. The highest BCUT2D eigenvalue weighted by molar-refractivity contribution is 5.97. The summed E-state index contributed by atoms with van der Waals surface area (Å²) < 4.78 is 52.5. The van der Waals surface area contributed by atoms with E-state index in [0.717, 1.165) is 0 Å². The molecule has 0 bridgehead atoms. The van der Waals surface area contributed by atoms with Gasteiger partial charge < -0.3 is 19.2 Å². The van der Waals surface area contributed by atoms with Gasteiger partial charge in [0, 0.05) is 18.2 Å². The maximum atomic E-state index is 13.3. The van der Waals surface area contributed by atoms with Gasteiger partial charge in [-0.2, -0.15) is 0 Å². The average Bonchev–Trinajstić information content (AvgIpc) is 3.18. The van der Waals surface area contributed by atoms with Crippen molar-refractivity contribution in [2.45, 2.75) is 18.3 Å². The Morgan fingerprint density at radius 2 is 1.94 bits per heavy atom. The van der Waals surface area contributed by atoms with Crippen LogP contribution in [-0.4, -0.2) is 28.8 Å². The van der Waals surface area contributed by atoms with Crippen molar-refractivity contribution in [2.24, 2.45) is 0 Å². The Kier molecular flexibility index (Phi) is 5.03. The number of carbonyl (C=O) groups is 1. The summed E-state index contributed by atoms with van der Waals surface area (Å²) in [5.74, 6) is -1.09. The first-order valence-electron chi connectivity index (χ1n) is 10.1. The number of oxazole rings is 1. The zero-order chi connectivity index (χ0) is 23.9. The molecule has 0 fully saturated rings. The molecular formula is C23H16F3N3O5. The summed E-state index contributed by atoms with van der Waals surface area (Å²) in [6.45, 7) is 0.228. The van der Waals surface area contributed by atoms with E-state index in [1.54, 1.807) is 18.2 Å². The molecule has 1 amide bonds. The van der Waals surface area contributed by atoms with Crippen molar-refractivity contribution < 1.29 is 31.9 Å². The van der Waals surface area contributed by atoms with Gasteiger partial charge in [-0.3, -0.25) is 14.8 Å². The Balaban J connectivity index is 1.56. The van der Waals surface area contributed by atoms with Crippen molar-refractivity contribution in [1.82, 2.24) is 15.3 Å². The number of amides is 1. The lowest BCUT2D eigenvalue weighted by molar-refractivity contribution is -0.274. The predicted molar refractivity (Wildman–Crippen MR) is 113 cm³/mol. The number of H-pyrrole nitrogens is 1.